The van der Waals surface area contributed by atoms with E-state index in [9.17, 15) is 18.4 Å². The first-order valence-corrected chi connectivity index (χ1v) is 8.76. The SMILES string of the molecule is CC(=O)Nc1cccc(C(=O)NCC2(c3ccc(F)cc3F)CC2(C)C)c1. The van der Waals surface area contributed by atoms with E-state index in [1.165, 1.54) is 19.1 Å². The maximum absolute atomic E-state index is 14.4. The Morgan fingerprint density at radius 3 is 2.41 bits per heavy atom. The van der Waals surface area contributed by atoms with Crippen LogP contribution in [0.2, 0.25) is 0 Å². The van der Waals surface area contributed by atoms with E-state index in [-0.39, 0.29) is 23.8 Å². The summed E-state index contributed by atoms with van der Waals surface area (Å²) in [4.78, 5) is 23.7. The third kappa shape index (κ3) is 3.70. The monoisotopic (exact) mass is 372 g/mol. The van der Waals surface area contributed by atoms with Gasteiger partial charge in [-0.2, -0.15) is 0 Å². The molecule has 0 bridgehead atoms. The molecule has 1 unspecified atom stereocenters. The molecule has 0 spiro atoms. The molecule has 6 heteroatoms. The minimum absolute atomic E-state index is 0.211. The van der Waals surface area contributed by atoms with E-state index >= 15 is 0 Å². The van der Waals surface area contributed by atoms with Crippen molar-refractivity contribution in [1.82, 2.24) is 5.32 Å². The summed E-state index contributed by atoms with van der Waals surface area (Å²) in [5, 5.41) is 5.50. The van der Waals surface area contributed by atoms with Crippen LogP contribution in [0.5, 0.6) is 0 Å². The van der Waals surface area contributed by atoms with Gasteiger partial charge in [-0.15, -0.1) is 0 Å². The number of hydrogen-bond acceptors (Lipinski definition) is 2. The minimum Gasteiger partial charge on any atom is -0.351 e. The Bertz CT molecular complexity index is 911. The molecule has 2 amide bonds. The van der Waals surface area contributed by atoms with Crippen LogP contribution in [-0.4, -0.2) is 18.4 Å². The quantitative estimate of drug-likeness (QED) is 0.833. The second kappa shape index (κ2) is 6.76. The van der Waals surface area contributed by atoms with E-state index in [1.54, 1.807) is 24.3 Å². The highest BCUT2D eigenvalue weighted by Crippen LogP contribution is 2.64. The molecular formula is C21H22F2N2O2. The van der Waals surface area contributed by atoms with Gasteiger partial charge in [0.2, 0.25) is 5.91 Å². The van der Waals surface area contributed by atoms with E-state index in [0.29, 0.717) is 23.2 Å². The Balaban J connectivity index is 1.78. The molecule has 0 radical (unpaired) electrons. The average Bonchev–Trinajstić information content (AvgIpc) is 3.14. The highest BCUT2D eigenvalue weighted by atomic mass is 19.1. The summed E-state index contributed by atoms with van der Waals surface area (Å²) in [5.74, 6) is -1.75. The van der Waals surface area contributed by atoms with Crippen molar-refractivity contribution in [1.29, 1.82) is 0 Å². The largest absolute Gasteiger partial charge is 0.351 e. The average molecular weight is 372 g/mol. The van der Waals surface area contributed by atoms with Gasteiger partial charge in [0, 0.05) is 36.2 Å². The second-order valence-electron chi connectivity index (χ2n) is 7.71. The zero-order valence-corrected chi connectivity index (χ0v) is 15.5. The zero-order chi connectivity index (χ0) is 19.8. The van der Waals surface area contributed by atoms with Crippen LogP contribution in [0.4, 0.5) is 14.5 Å². The van der Waals surface area contributed by atoms with Gasteiger partial charge < -0.3 is 10.6 Å². The summed E-state index contributed by atoms with van der Waals surface area (Å²) in [7, 11) is 0. The van der Waals surface area contributed by atoms with Crippen LogP contribution in [0.1, 0.15) is 43.1 Å². The first kappa shape index (κ1) is 19.0. The van der Waals surface area contributed by atoms with Crippen LogP contribution in [0, 0.1) is 17.0 Å². The number of benzene rings is 2. The first-order chi connectivity index (χ1) is 12.6. The molecule has 2 N–H and O–H groups in total. The highest BCUT2D eigenvalue weighted by Gasteiger charge is 2.62. The van der Waals surface area contributed by atoms with Gasteiger partial charge in [-0.25, -0.2) is 8.78 Å². The Morgan fingerprint density at radius 1 is 1.11 bits per heavy atom. The van der Waals surface area contributed by atoms with E-state index in [1.807, 2.05) is 13.8 Å². The second-order valence-corrected chi connectivity index (χ2v) is 7.71. The fraction of sp³-hybridized carbons (Fsp3) is 0.333. The Hall–Kier alpha value is -2.76. The Kier molecular flexibility index (Phi) is 4.76. The summed E-state index contributed by atoms with van der Waals surface area (Å²) in [5.41, 5.74) is 0.559. The predicted octanol–water partition coefficient (Wildman–Crippen LogP) is 4.02. The van der Waals surface area contributed by atoms with Crippen LogP contribution < -0.4 is 10.6 Å². The fourth-order valence-corrected chi connectivity index (χ4v) is 3.72. The maximum atomic E-state index is 14.4. The van der Waals surface area contributed by atoms with Crippen molar-refractivity contribution >= 4 is 17.5 Å². The van der Waals surface area contributed by atoms with Gasteiger partial charge in [0.1, 0.15) is 11.6 Å². The van der Waals surface area contributed by atoms with Crippen LogP contribution in [0.3, 0.4) is 0 Å². The van der Waals surface area contributed by atoms with E-state index in [0.717, 1.165) is 6.07 Å². The number of hydrogen-bond donors (Lipinski definition) is 2. The normalized spacial score (nSPS) is 20.0. The van der Waals surface area contributed by atoms with Gasteiger partial charge in [0.05, 0.1) is 0 Å². The molecule has 0 heterocycles. The fourth-order valence-electron chi connectivity index (χ4n) is 3.72. The molecule has 2 aromatic carbocycles. The molecular weight excluding hydrogens is 350 g/mol. The number of amides is 2. The number of nitrogens with one attached hydrogen (secondary N) is 2. The van der Waals surface area contributed by atoms with Crippen molar-refractivity contribution in [2.24, 2.45) is 5.41 Å². The lowest BCUT2D eigenvalue weighted by atomic mass is 9.87. The van der Waals surface area contributed by atoms with Crippen LogP contribution in [0.25, 0.3) is 0 Å². The van der Waals surface area contributed by atoms with Crippen molar-refractivity contribution in [3.63, 3.8) is 0 Å². The van der Waals surface area contributed by atoms with Crippen molar-refractivity contribution < 1.29 is 18.4 Å². The molecule has 1 saturated carbocycles. The van der Waals surface area contributed by atoms with E-state index < -0.39 is 17.0 Å². The van der Waals surface area contributed by atoms with Crippen LogP contribution >= 0.6 is 0 Å². The smallest absolute Gasteiger partial charge is 0.251 e. The topological polar surface area (TPSA) is 58.2 Å². The zero-order valence-electron chi connectivity index (χ0n) is 15.5. The number of carbonyl (C=O) groups is 2. The molecule has 1 aliphatic rings. The number of halogens is 2. The molecule has 142 valence electrons. The summed E-state index contributed by atoms with van der Waals surface area (Å²) >= 11 is 0. The summed E-state index contributed by atoms with van der Waals surface area (Å²) < 4.78 is 27.6. The Morgan fingerprint density at radius 2 is 1.81 bits per heavy atom. The molecule has 3 rings (SSSR count). The standard InChI is InChI=1S/C21H22F2N2O2/c1-13(26)25-16-6-4-5-14(9-16)19(27)24-12-21(11-20(21,2)3)17-8-7-15(22)10-18(17)23/h4-10H,11-12H2,1-3H3,(H,24,27)(H,25,26). The molecule has 2 aromatic rings. The molecule has 0 saturated heterocycles. The molecule has 1 atom stereocenters. The van der Waals surface area contributed by atoms with E-state index in [2.05, 4.69) is 10.6 Å². The van der Waals surface area contributed by atoms with Gasteiger partial charge >= 0.3 is 0 Å². The van der Waals surface area contributed by atoms with Crippen molar-refractivity contribution in [3.8, 4) is 0 Å². The van der Waals surface area contributed by atoms with Gasteiger partial charge in [-0.3, -0.25) is 9.59 Å². The number of rotatable bonds is 5. The van der Waals surface area contributed by atoms with Gasteiger partial charge in [-0.1, -0.05) is 26.0 Å². The van der Waals surface area contributed by atoms with Crippen molar-refractivity contribution in [3.05, 3.63) is 65.2 Å². The minimum atomic E-state index is -0.622. The van der Waals surface area contributed by atoms with Crippen LogP contribution in [-0.2, 0) is 10.2 Å². The lowest BCUT2D eigenvalue weighted by molar-refractivity contribution is -0.114. The number of anilines is 1. The molecule has 0 aromatic heterocycles. The van der Waals surface area contributed by atoms with Crippen molar-refractivity contribution in [2.75, 3.05) is 11.9 Å². The molecule has 0 aliphatic heterocycles. The van der Waals surface area contributed by atoms with Gasteiger partial charge in [-0.05, 0) is 41.7 Å². The summed E-state index contributed by atoms with van der Waals surface area (Å²) in [6.45, 7) is 5.63. The highest BCUT2D eigenvalue weighted by molar-refractivity contribution is 5.96. The molecule has 1 fully saturated rings. The molecule has 27 heavy (non-hydrogen) atoms. The predicted molar refractivity (Wildman–Crippen MR) is 99.5 cm³/mol. The molecule has 1 aliphatic carbocycles. The third-order valence-electron chi connectivity index (χ3n) is 5.36. The Labute approximate surface area is 157 Å². The number of carbonyl (C=O) groups excluding carboxylic acids is 2. The van der Waals surface area contributed by atoms with Gasteiger partial charge in [0.15, 0.2) is 0 Å². The summed E-state index contributed by atoms with van der Waals surface area (Å²) in [6.07, 6.45) is 0.689. The lowest BCUT2D eigenvalue weighted by Crippen LogP contribution is -2.35. The van der Waals surface area contributed by atoms with Gasteiger partial charge in [0.25, 0.3) is 5.91 Å². The molecule has 4 nitrogen and oxygen atoms in total. The first-order valence-electron chi connectivity index (χ1n) is 8.76. The maximum Gasteiger partial charge on any atom is 0.251 e. The lowest BCUT2D eigenvalue weighted by Gasteiger charge is -2.22. The third-order valence-corrected chi connectivity index (χ3v) is 5.36. The van der Waals surface area contributed by atoms with Crippen LogP contribution in [0.15, 0.2) is 42.5 Å². The summed E-state index contributed by atoms with van der Waals surface area (Å²) in [6, 6.07) is 10.2. The van der Waals surface area contributed by atoms with Crippen molar-refractivity contribution in [2.45, 2.75) is 32.6 Å². The van der Waals surface area contributed by atoms with E-state index in [4.69, 9.17) is 0 Å².